The molecule has 0 bridgehead atoms. The first-order valence-corrected chi connectivity index (χ1v) is 10.2. The fourth-order valence-corrected chi connectivity index (χ4v) is 2.78. The number of aliphatic imine (C=N–C) groups is 1. The van der Waals surface area contributed by atoms with Gasteiger partial charge in [0.25, 0.3) is 5.91 Å². The summed E-state index contributed by atoms with van der Waals surface area (Å²) in [6.45, 7) is 5.80. The standard InChI is InChI=1S/C23H32N4O3/c1-5-13-25-22(28)19-10-8-9-18(14-19)16-27-23(24-3)26-15-17(2)30-21-12-7-6-11-20(21)29-4/h6-12,14,17H,5,13,15-16H2,1-4H3,(H,25,28)(H2,24,26,27). The average Bonchev–Trinajstić information content (AvgIpc) is 2.78. The second-order valence-corrected chi connectivity index (χ2v) is 6.84. The first-order chi connectivity index (χ1) is 14.6. The van der Waals surface area contributed by atoms with Crippen molar-refractivity contribution in [1.82, 2.24) is 16.0 Å². The van der Waals surface area contributed by atoms with Gasteiger partial charge in [-0.15, -0.1) is 0 Å². The van der Waals surface area contributed by atoms with E-state index in [4.69, 9.17) is 9.47 Å². The predicted molar refractivity (Wildman–Crippen MR) is 120 cm³/mol. The van der Waals surface area contributed by atoms with Crippen LogP contribution in [0.3, 0.4) is 0 Å². The number of hydrogen-bond acceptors (Lipinski definition) is 4. The number of carbonyl (C=O) groups is 1. The van der Waals surface area contributed by atoms with Crippen LogP contribution >= 0.6 is 0 Å². The van der Waals surface area contributed by atoms with Gasteiger partial charge in [-0.2, -0.15) is 0 Å². The van der Waals surface area contributed by atoms with Gasteiger partial charge in [0, 0.05) is 25.7 Å². The Balaban J connectivity index is 1.84. The number of para-hydroxylation sites is 2. The molecule has 2 rings (SSSR count). The largest absolute Gasteiger partial charge is 0.493 e. The molecule has 0 saturated heterocycles. The van der Waals surface area contributed by atoms with Gasteiger partial charge in [0.05, 0.1) is 13.7 Å². The molecule has 162 valence electrons. The van der Waals surface area contributed by atoms with Crippen LogP contribution in [-0.4, -0.2) is 45.2 Å². The monoisotopic (exact) mass is 412 g/mol. The zero-order chi connectivity index (χ0) is 21.8. The number of amides is 1. The molecule has 0 aliphatic heterocycles. The van der Waals surface area contributed by atoms with E-state index in [1.807, 2.05) is 62.4 Å². The number of methoxy groups -OCH3 is 1. The summed E-state index contributed by atoms with van der Waals surface area (Å²) in [5.41, 5.74) is 1.66. The normalized spacial score (nSPS) is 12.1. The molecule has 3 N–H and O–H groups in total. The summed E-state index contributed by atoms with van der Waals surface area (Å²) in [5, 5.41) is 9.41. The molecule has 2 aromatic carbocycles. The van der Waals surface area contributed by atoms with Crippen LogP contribution in [0.1, 0.15) is 36.2 Å². The van der Waals surface area contributed by atoms with Gasteiger partial charge in [-0.05, 0) is 43.2 Å². The lowest BCUT2D eigenvalue weighted by Gasteiger charge is -2.19. The van der Waals surface area contributed by atoms with Crippen molar-refractivity contribution in [2.75, 3.05) is 27.2 Å². The molecule has 0 aliphatic rings. The number of nitrogens with zero attached hydrogens (tertiary/aromatic N) is 1. The van der Waals surface area contributed by atoms with Crippen molar-refractivity contribution in [2.24, 2.45) is 4.99 Å². The van der Waals surface area contributed by atoms with E-state index in [9.17, 15) is 4.79 Å². The van der Waals surface area contributed by atoms with Gasteiger partial charge < -0.3 is 25.4 Å². The van der Waals surface area contributed by atoms with Crippen molar-refractivity contribution in [3.8, 4) is 11.5 Å². The van der Waals surface area contributed by atoms with Crippen molar-refractivity contribution in [3.05, 3.63) is 59.7 Å². The number of nitrogens with one attached hydrogen (secondary N) is 3. The highest BCUT2D eigenvalue weighted by Gasteiger charge is 2.10. The molecule has 30 heavy (non-hydrogen) atoms. The number of ether oxygens (including phenoxy) is 2. The summed E-state index contributed by atoms with van der Waals surface area (Å²) in [6.07, 6.45) is 0.819. The molecule has 0 spiro atoms. The lowest BCUT2D eigenvalue weighted by molar-refractivity contribution is 0.0953. The Kier molecular flexibility index (Phi) is 9.51. The van der Waals surface area contributed by atoms with Gasteiger partial charge in [-0.1, -0.05) is 31.2 Å². The van der Waals surface area contributed by atoms with Crippen molar-refractivity contribution < 1.29 is 14.3 Å². The molecule has 0 radical (unpaired) electrons. The van der Waals surface area contributed by atoms with Crippen molar-refractivity contribution in [3.63, 3.8) is 0 Å². The highest BCUT2D eigenvalue weighted by Crippen LogP contribution is 2.26. The molecule has 0 fully saturated rings. The van der Waals surface area contributed by atoms with E-state index in [1.54, 1.807) is 14.2 Å². The van der Waals surface area contributed by atoms with E-state index < -0.39 is 0 Å². The molecule has 1 amide bonds. The Hall–Kier alpha value is -3.22. The van der Waals surface area contributed by atoms with Crippen LogP contribution in [-0.2, 0) is 6.54 Å². The summed E-state index contributed by atoms with van der Waals surface area (Å²) in [5.74, 6) is 2.01. The molecule has 0 heterocycles. The Morgan fingerprint density at radius 2 is 1.83 bits per heavy atom. The van der Waals surface area contributed by atoms with Gasteiger partial charge in [0.1, 0.15) is 6.10 Å². The molecule has 0 aliphatic carbocycles. The fourth-order valence-electron chi connectivity index (χ4n) is 2.78. The third-order valence-electron chi connectivity index (χ3n) is 4.36. The molecule has 7 heteroatoms. The van der Waals surface area contributed by atoms with E-state index in [2.05, 4.69) is 20.9 Å². The van der Waals surface area contributed by atoms with Crippen LogP contribution in [0.2, 0.25) is 0 Å². The van der Waals surface area contributed by atoms with Gasteiger partial charge in [0.15, 0.2) is 17.5 Å². The minimum Gasteiger partial charge on any atom is -0.493 e. The Bertz CT molecular complexity index is 839. The van der Waals surface area contributed by atoms with Crippen LogP contribution in [0.15, 0.2) is 53.5 Å². The fraction of sp³-hybridized carbons (Fsp3) is 0.391. The summed E-state index contributed by atoms with van der Waals surface area (Å²) in [7, 11) is 3.34. The van der Waals surface area contributed by atoms with Crippen LogP contribution in [0.25, 0.3) is 0 Å². The minimum atomic E-state index is -0.0922. The van der Waals surface area contributed by atoms with Gasteiger partial charge in [-0.25, -0.2) is 0 Å². The second-order valence-electron chi connectivity index (χ2n) is 6.84. The Morgan fingerprint density at radius 3 is 2.53 bits per heavy atom. The summed E-state index contributed by atoms with van der Waals surface area (Å²) < 4.78 is 11.3. The SMILES string of the molecule is CCCNC(=O)c1cccc(CNC(=NC)NCC(C)Oc2ccccc2OC)c1. The third-order valence-corrected chi connectivity index (χ3v) is 4.36. The highest BCUT2D eigenvalue weighted by atomic mass is 16.5. The van der Waals surface area contributed by atoms with E-state index in [0.717, 1.165) is 12.0 Å². The number of guanidine groups is 1. The van der Waals surface area contributed by atoms with Crippen LogP contribution < -0.4 is 25.4 Å². The van der Waals surface area contributed by atoms with Gasteiger partial charge in [0.2, 0.25) is 0 Å². The maximum atomic E-state index is 12.1. The lowest BCUT2D eigenvalue weighted by Crippen LogP contribution is -2.41. The first kappa shape index (κ1) is 23.1. The number of benzene rings is 2. The summed E-state index contributed by atoms with van der Waals surface area (Å²) >= 11 is 0. The van der Waals surface area contributed by atoms with E-state index >= 15 is 0 Å². The zero-order valence-electron chi connectivity index (χ0n) is 18.2. The minimum absolute atomic E-state index is 0.0523. The van der Waals surface area contributed by atoms with E-state index in [1.165, 1.54) is 0 Å². The third kappa shape index (κ3) is 7.31. The van der Waals surface area contributed by atoms with Crippen LogP contribution in [0.5, 0.6) is 11.5 Å². The van der Waals surface area contributed by atoms with Crippen LogP contribution in [0, 0.1) is 0 Å². The molecule has 1 unspecified atom stereocenters. The Morgan fingerprint density at radius 1 is 1.07 bits per heavy atom. The molecule has 0 aromatic heterocycles. The second kappa shape index (κ2) is 12.4. The number of rotatable bonds is 10. The van der Waals surface area contributed by atoms with Crippen molar-refractivity contribution in [2.45, 2.75) is 32.9 Å². The topological polar surface area (TPSA) is 84.0 Å². The molecule has 2 aromatic rings. The molecule has 0 saturated carbocycles. The summed E-state index contributed by atoms with van der Waals surface area (Å²) in [6, 6.07) is 15.1. The quantitative estimate of drug-likeness (QED) is 0.413. The number of hydrogen-bond donors (Lipinski definition) is 3. The van der Waals surface area contributed by atoms with Gasteiger partial charge in [-0.3, -0.25) is 9.79 Å². The maximum absolute atomic E-state index is 12.1. The number of carbonyl (C=O) groups excluding carboxylic acids is 1. The predicted octanol–water partition coefficient (Wildman–Crippen LogP) is 2.97. The molecular formula is C23H32N4O3. The molecule has 1 atom stereocenters. The first-order valence-electron chi connectivity index (χ1n) is 10.2. The highest BCUT2D eigenvalue weighted by molar-refractivity contribution is 5.94. The average molecular weight is 413 g/mol. The lowest BCUT2D eigenvalue weighted by atomic mass is 10.1. The zero-order valence-corrected chi connectivity index (χ0v) is 18.2. The summed E-state index contributed by atoms with van der Waals surface area (Å²) in [4.78, 5) is 16.4. The van der Waals surface area contributed by atoms with E-state index in [0.29, 0.717) is 42.7 Å². The van der Waals surface area contributed by atoms with Crippen molar-refractivity contribution >= 4 is 11.9 Å². The molecular weight excluding hydrogens is 380 g/mol. The van der Waals surface area contributed by atoms with Crippen molar-refractivity contribution in [1.29, 1.82) is 0 Å². The van der Waals surface area contributed by atoms with Gasteiger partial charge >= 0.3 is 0 Å². The van der Waals surface area contributed by atoms with E-state index in [-0.39, 0.29) is 12.0 Å². The maximum Gasteiger partial charge on any atom is 0.251 e. The van der Waals surface area contributed by atoms with Crippen LogP contribution in [0.4, 0.5) is 0 Å². The molecule has 7 nitrogen and oxygen atoms in total. The smallest absolute Gasteiger partial charge is 0.251 e. The Labute approximate surface area is 178 Å².